The zero-order valence-corrected chi connectivity index (χ0v) is 14.0. The van der Waals surface area contributed by atoms with Crippen LogP contribution in [0.2, 0.25) is 0 Å². The average molecular weight is 326 g/mol. The highest BCUT2D eigenvalue weighted by atomic mass is 16.5. The Hall–Kier alpha value is -2.82. The number of hydrogen-bond acceptors (Lipinski definition) is 3. The van der Waals surface area contributed by atoms with Gasteiger partial charge >= 0.3 is 0 Å². The van der Waals surface area contributed by atoms with Gasteiger partial charge in [-0.3, -0.25) is 9.59 Å². The van der Waals surface area contributed by atoms with Crippen LogP contribution in [0.3, 0.4) is 0 Å². The van der Waals surface area contributed by atoms with E-state index in [2.05, 4.69) is 5.32 Å². The summed E-state index contributed by atoms with van der Waals surface area (Å²) in [6.07, 6.45) is 0. The van der Waals surface area contributed by atoms with Crippen LogP contribution >= 0.6 is 0 Å². The van der Waals surface area contributed by atoms with Crippen molar-refractivity contribution in [2.24, 2.45) is 0 Å². The number of amides is 2. The van der Waals surface area contributed by atoms with Gasteiger partial charge in [0.1, 0.15) is 12.4 Å². The van der Waals surface area contributed by atoms with Gasteiger partial charge in [-0.1, -0.05) is 36.4 Å². The van der Waals surface area contributed by atoms with Crippen molar-refractivity contribution in [2.75, 3.05) is 26.7 Å². The summed E-state index contributed by atoms with van der Waals surface area (Å²) in [6, 6.07) is 16.7. The van der Waals surface area contributed by atoms with Gasteiger partial charge in [0, 0.05) is 12.6 Å². The highest BCUT2D eigenvalue weighted by molar-refractivity contribution is 5.97. The van der Waals surface area contributed by atoms with Gasteiger partial charge in [0.05, 0.1) is 13.1 Å². The fourth-order valence-corrected chi connectivity index (χ4v) is 2.16. The smallest absolute Gasteiger partial charge is 0.251 e. The van der Waals surface area contributed by atoms with Crippen molar-refractivity contribution < 1.29 is 14.3 Å². The lowest BCUT2D eigenvalue weighted by Crippen LogP contribution is -2.39. The van der Waals surface area contributed by atoms with Crippen molar-refractivity contribution in [2.45, 2.75) is 6.92 Å². The maximum absolute atomic E-state index is 12.1. The first-order valence-corrected chi connectivity index (χ1v) is 7.83. The number of carbonyl (C=O) groups is 2. The molecule has 0 heterocycles. The summed E-state index contributed by atoms with van der Waals surface area (Å²) in [4.78, 5) is 25.7. The Kier molecular flexibility index (Phi) is 6.37. The molecule has 0 aliphatic heterocycles. The molecule has 0 saturated heterocycles. The van der Waals surface area contributed by atoms with Gasteiger partial charge in [0.2, 0.25) is 5.91 Å². The molecule has 2 rings (SSSR count). The topological polar surface area (TPSA) is 58.6 Å². The SMILES string of the molecule is Cc1ccccc1C(=O)NCC(=O)N(C)CCOc1ccccc1. The molecule has 24 heavy (non-hydrogen) atoms. The third-order valence-corrected chi connectivity index (χ3v) is 3.65. The van der Waals surface area contributed by atoms with Crippen LogP contribution in [0.5, 0.6) is 5.75 Å². The first-order chi connectivity index (χ1) is 11.6. The molecule has 0 saturated carbocycles. The highest BCUT2D eigenvalue weighted by Crippen LogP contribution is 2.08. The van der Waals surface area contributed by atoms with Gasteiger partial charge in [-0.2, -0.15) is 0 Å². The molecule has 0 spiro atoms. The zero-order valence-electron chi connectivity index (χ0n) is 14.0. The minimum Gasteiger partial charge on any atom is -0.492 e. The summed E-state index contributed by atoms with van der Waals surface area (Å²) in [5.41, 5.74) is 1.47. The Bertz CT molecular complexity index is 686. The zero-order chi connectivity index (χ0) is 17.4. The lowest BCUT2D eigenvalue weighted by atomic mass is 10.1. The first-order valence-electron chi connectivity index (χ1n) is 7.83. The number of carbonyl (C=O) groups excluding carboxylic acids is 2. The Morgan fingerprint density at radius 3 is 2.42 bits per heavy atom. The van der Waals surface area contributed by atoms with E-state index in [1.165, 1.54) is 0 Å². The molecule has 2 aromatic rings. The van der Waals surface area contributed by atoms with E-state index in [1.54, 1.807) is 24.1 Å². The molecule has 0 aliphatic carbocycles. The summed E-state index contributed by atoms with van der Waals surface area (Å²) >= 11 is 0. The van der Waals surface area contributed by atoms with Crippen LogP contribution in [0.15, 0.2) is 54.6 Å². The Morgan fingerprint density at radius 1 is 1.04 bits per heavy atom. The van der Waals surface area contributed by atoms with Crippen LogP contribution in [-0.4, -0.2) is 43.5 Å². The summed E-state index contributed by atoms with van der Waals surface area (Å²) in [5.74, 6) is 0.371. The van der Waals surface area contributed by atoms with E-state index in [-0.39, 0.29) is 18.4 Å². The summed E-state index contributed by atoms with van der Waals surface area (Å²) in [5, 5.41) is 2.66. The van der Waals surface area contributed by atoms with Gasteiger partial charge in [-0.05, 0) is 30.7 Å². The molecule has 126 valence electrons. The van der Waals surface area contributed by atoms with Crippen LogP contribution in [0.1, 0.15) is 15.9 Å². The fraction of sp³-hybridized carbons (Fsp3) is 0.263. The van der Waals surface area contributed by atoms with E-state index in [0.717, 1.165) is 11.3 Å². The monoisotopic (exact) mass is 326 g/mol. The number of nitrogens with zero attached hydrogens (tertiary/aromatic N) is 1. The molecule has 0 aromatic heterocycles. The van der Waals surface area contributed by atoms with E-state index < -0.39 is 0 Å². The van der Waals surface area contributed by atoms with E-state index in [1.807, 2.05) is 49.4 Å². The Morgan fingerprint density at radius 2 is 1.71 bits per heavy atom. The molecule has 0 atom stereocenters. The Labute approximate surface area is 142 Å². The average Bonchev–Trinajstić information content (AvgIpc) is 2.60. The predicted octanol–water partition coefficient (Wildman–Crippen LogP) is 2.26. The molecule has 2 aromatic carbocycles. The first kappa shape index (κ1) is 17.5. The minimum atomic E-state index is -0.240. The molecule has 0 radical (unpaired) electrons. The van der Waals surface area contributed by atoms with Crippen LogP contribution in [0.25, 0.3) is 0 Å². The molecular formula is C19H22N2O3. The van der Waals surface area contributed by atoms with Crippen LogP contribution in [0.4, 0.5) is 0 Å². The molecule has 1 N–H and O–H groups in total. The summed E-state index contributed by atoms with van der Waals surface area (Å²) in [7, 11) is 1.69. The number of hydrogen-bond donors (Lipinski definition) is 1. The number of para-hydroxylation sites is 1. The maximum atomic E-state index is 12.1. The molecule has 5 heteroatoms. The standard InChI is InChI=1S/C19H22N2O3/c1-15-8-6-7-11-17(15)19(23)20-14-18(22)21(2)12-13-24-16-9-4-3-5-10-16/h3-11H,12-14H2,1-2H3,(H,20,23). The number of nitrogens with one attached hydrogen (secondary N) is 1. The Balaban J connectivity index is 1.73. The molecule has 0 fully saturated rings. The van der Waals surface area contributed by atoms with Crippen LogP contribution in [-0.2, 0) is 4.79 Å². The van der Waals surface area contributed by atoms with Crippen LogP contribution < -0.4 is 10.1 Å². The largest absolute Gasteiger partial charge is 0.492 e. The van der Waals surface area contributed by atoms with Gasteiger partial charge in [0.15, 0.2) is 0 Å². The number of ether oxygens (including phenoxy) is 1. The fourth-order valence-electron chi connectivity index (χ4n) is 2.16. The molecule has 0 bridgehead atoms. The highest BCUT2D eigenvalue weighted by Gasteiger charge is 2.12. The number of aryl methyl sites for hydroxylation is 1. The van der Waals surface area contributed by atoms with Crippen LogP contribution in [0, 0.1) is 6.92 Å². The second-order valence-corrected chi connectivity index (χ2v) is 5.47. The molecule has 0 unspecified atom stereocenters. The van der Waals surface area contributed by atoms with E-state index >= 15 is 0 Å². The third-order valence-electron chi connectivity index (χ3n) is 3.65. The number of likely N-dealkylation sites (N-methyl/N-ethyl adjacent to an activating group) is 1. The van der Waals surface area contributed by atoms with Gasteiger partial charge < -0.3 is 15.0 Å². The van der Waals surface area contributed by atoms with E-state index in [0.29, 0.717) is 18.7 Å². The molecule has 5 nitrogen and oxygen atoms in total. The minimum absolute atomic E-state index is 0.0327. The van der Waals surface area contributed by atoms with Crippen molar-refractivity contribution in [3.05, 3.63) is 65.7 Å². The maximum Gasteiger partial charge on any atom is 0.251 e. The van der Waals surface area contributed by atoms with Crippen molar-refractivity contribution in [1.82, 2.24) is 10.2 Å². The molecule has 0 aliphatic rings. The normalized spacial score (nSPS) is 10.1. The van der Waals surface area contributed by atoms with E-state index in [9.17, 15) is 9.59 Å². The second-order valence-electron chi connectivity index (χ2n) is 5.47. The van der Waals surface area contributed by atoms with Crippen molar-refractivity contribution in [1.29, 1.82) is 0 Å². The lowest BCUT2D eigenvalue weighted by molar-refractivity contribution is -0.129. The van der Waals surface area contributed by atoms with Gasteiger partial charge in [0.25, 0.3) is 5.91 Å². The van der Waals surface area contributed by atoms with Gasteiger partial charge in [-0.15, -0.1) is 0 Å². The quantitative estimate of drug-likeness (QED) is 0.849. The number of benzene rings is 2. The predicted molar refractivity (Wildman–Crippen MR) is 93.1 cm³/mol. The van der Waals surface area contributed by atoms with Crippen molar-refractivity contribution in [3.8, 4) is 5.75 Å². The summed E-state index contributed by atoms with van der Waals surface area (Å²) < 4.78 is 5.56. The van der Waals surface area contributed by atoms with Crippen molar-refractivity contribution >= 4 is 11.8 Å². The number of rotatable bonds is 7. The lowest BCUT2D eigenvalue weighted by Gasteiger charge is -2.18. The third kappa shape index (κ3) is 5.12. The molecule has 2 amide bonds. The van der Waals surface area contributed by atoms with Crippen molar-refractivity contribution in [3.63, 3.8) is 0 Å². The van der Waals surface area contributed by atoms with Gasteiger partial charge in [-0.25, -0.2) is 0 Å². The van der Waals surface area contributed by atoms with E-state index in [4.69, 9.17) is 4.74 Å². The second kappa shape index (κ2) is 8.72. The molecular weight excluding hydrogens is 304 g/mol. The summed E-state index contributed by atoms with van der Waals surface area (Å²) in [6.45, 7) is 2.69.